The number of rotatable bonds is 3. The Balaban J connectivity index is 2.09. The van der Waals surface area contributed by atoms with Gasteiger partial charge in [0.15, 0.2) is 4.77 Å². The molecule has 78 valence electrons. The van der Waals surface area contributed by atoms with Crippen LogP contribution in [0.3, 0.4) is 0 Å². The van der Waals surface area contributed by atoms with Crippen LogP contribution < -0.4 is 0 Å². The van der Waals surface area contributed by atoms with E-state index in [0.29, 0.717) is 0 Å². The van der Waals surface area contributed by atoms with Crippen molar-refractivity contribution >= 4 is 12.2 Å². The second kappa shape index (κ2) is 4.40. The molecule has 0 amide bonds. The van der Waals surface area contributed by atoms with Gasteiger partial charge in [0.25, 0.3) is 0 Å². The van der Waals surface area contributed by atoms with Gasteiger partial charge in [-0.2, -0.15) is 0 Å². The summed E-state index contributed by atoms with van der Waals surface area (Å²) in [5.41, 5.74) is 2.41. The van der Waals surface area contributed by atoms with Gasteiger partial charge in [-0.3, -0.25) is 4.98 Å². The number of pyridine rings is 1. The fourth-order valence-electron chi connectivity index (χ4n) is 1.55. The van der Waals surface area contributed by atoms with Gasteiger partial charge in [0.05, 0.1) is 0 Å². The van der Waals surface area contributed by atoms with E-state index < -0.39 is 0 Å². The third kappa shape index (κ3) is 2.33. The number of aromatic amines is 1. The molecule has 0 bridgehead atoms. The number of hydrogen-bond acceptors (Lipinski definition) is 2. The highest BCUT2D eigenvalue weighted by molar-refractivity contribution is 7.71. The average molecular weight is 219 g/mol. The molecule has 2 heterocycles. The van der Waals surface area contributed by atoms with Crippen molar-refractivity contribution in [3.8, 4) is 0 Å². The van der Waals surface area contributed by atoms with Crippen molar-refractivity contribution in [2.75, 3.05) is 0 Å². The van der Waals surface area contributed by atoms with E-state index in [1.165, 1.54) is 11.3 Å². The lowest BCUT2D eigenvalue weighted by atomic mass is 10.2. The van der Waals surface area contributed by atoms with Gasteiger partial charge < -0.3 is 9.55 Å². The maximum Gasteiger partial charge on any atom is 0.177 e. The van der Waals surface area contributed by atoms with Crippen LogP contribution >= 0.6 is 12.2 Å². The largest absolute Gasteiger partial charge is 0.337 e. The van der Waals surface area contributed by atoms with Gasteiger partial charge in [-0.25, -0.2) is 0 Å². The summed E-state index contributed by atoms with van der Waals surface area (Å²) in [7, 11) is 0. The summed E-state index contributed by atoms with van der Waals surface area (Å²) in [4.78, 5) is 7.12. The summed E-state index contributed by atoms with van der Waals surface area (Å²) in [5, 5.41) is 0. The quantitative estimate of drug-likeness (QED) is 0.805. The van der Waals surface area contributed by atoms with Crippen LogP contribution in [0, 0.1) is 11.7 Å². The second-order valence-electron chi connectivity index (χ2n) is 3.50. The third-order valence-corrected chi connectivity index (χ3v) is 2.76. The van der Waals surface area contributed by atoms with Gasteiger partial charge >= 0.3 is 0 Å². The van der Waals surface area contributed by atoms with Crippen molar-refractivity contribution in [3.05, 3.63) is 46.8 Å². The number of nitrogens with one attached hydrogen (secondary N) is 1. The first-order valence-corrected chi connectivity index (χ1v) is 5.32. The molecular weight excluding hydrogens is 206 g/mol. The van der Waals surface area contributed by atoms with Gasteiger partial charge in [0.2, 0.25) is 0 Å². The zero-order chi connectivity index (χ0) is 10.7. The molecule has 1 N–H and O–H groups in total. The zero-order valence-corrected chi connectivity index (χ0v) is 9.42. The van der Waals surface area contributed by atoms with Gasteiger partial charge in [0, 0.05) is 30.8 Å². The van der Waals surface area contributed by atoms with E-state index in [1.54, 1.807) is 6.20 Å². The Kier molecular flexibility index (Phi) is 2.97. The molecule has 3 nitrogen and oxygen atoms in total. The number of aromatic nitrogens is 3. The highest BCUT2D eigenvalue weighted by Crippen LogP contribution is 2.04. The molecule has 0 spiro atoms. The van der Waals surface area contributed by atoms with E-state index in [0.717, 1.165) is 17.7 Å². The molecule has 0 aliphatic heterocycles. The molecule has 0 radical (unpaired) electrons. The molecule has 2 rings (SSSR count). The van der Waals surface area contributed by atoms with Gasteiger partial charge in [-0.1, -0.05) is 6.07 Å². The molecule has 4 heteroatoms. The molecule has 2 aromatic rings. The van der Waals surface area contributed by atoms with E-state index in [1.807, 2.05) is 18.5 Å². The standard InChI is InChI=1S/C11H13N3S/c1-9-7-13-11(15)14(9)6-4-10-3-2-5-12-8-10/h2-3,5,7-8H,4,6H2,1H3,(H,13,15). The maximum atomic E-state index is 5.18. The molecule has 2 aromatic heterocycles. The Morgan fingerprint density at radius 3 is 3.00 bits per heavy atom. The Hall–Kier alpha value is -1.42. The van der Waals surface area contributed by atoms with Crippen LogP contribution in [0.15, 0.2) is 30.7 Å². The average Bonchev–Trinajstić information content (AvgIpc) is 2.58. The topological polar surface area (TPSA) is 33.6 Å². The number of H-pyrrole nitrogens is 1. The first-order valence-electron chi connectivity index (χ1n) is 4.91. The Labute approximate surface area is 93.8 Å². The highest BCUT2D eigenvalue weighted by Gasteiger charge is 1.99. The SMILES string of the molecule is Cc1c[nH]c(=S)n1CCc1cccnc1. The lowest BCUT2D eigenvalue weighted by Gasteiger charge is -2.04. The van der Waals surface area contributed by atoms with Crippen LogP contribution in [0.25, 0.3) is 0 Å². The van der Waals surface area contributed by atoms with Gasteiger partial charge in [0.1, 0.15) is 0 Å². The van der Waals surface area contributed by atoms with Crippen LogP contribution in [0.5, 0.6) is 0 Å². The fourth-order valence-corrected chi connectivity index (χ4v) is 1.84. The molecule has 0 aliphatic rings. The minimum atomic E-state index is 0.788. The van der Waals surface area contributed by atoms with Crippen molar-refractivity contribution < 1.29 is 0 Å². The molecule has 0 unspecified atom stereocenters. The van der Waals surface area contributed by atoms with Crippen molar-refractivity contribution in [3.63, 3.8) is 0 Å². The number of nitrogens with zero attached hydrogens (tertiary/aromatic N) is 2. The molecule has 0 aromatic carbocycles. The first kappa shape index (κ1) is 10.1. The molecule has 0 saturated carbocycles. The summed E-state index contributed by atoms with van der Waals surface area (Å²) < 4.78 is 2.89. The minimum Gasteiger partial charge on any atom is -0.337 e. The number of aryl methyl sites for hydroxylation is 2. The van der Waals surface area contributed by atoms with E-state index in [2.05, 4.69) is 27.5 Å². The lowest BCUT2D eigenvalue weighted by Crippen LogP contribution is -2.03. The van der Waals surface area contributed by atoms with Crippen molar-refractivity contribution in [1.29, 1.82) is 0 Å². The van der Waals surface area contributed by atoms with Crippen LogP contribution in [0.1, 0.15) is 11.3 Å². The second-order valence-corrected chi connectivity index (χ2v) is 3.88. The summed E-state index contributed by atoms with van der Waals surface area (Å²) in [6, 6.07) is 4.04. The van der Waals surface area contributed by atoms with E-state index in [-0.39, 0.29) is 0 Å². The zero-order valence-electron chi connectivity index (χ0n) is 8.60. The summed E-state index contributed by atoms with van der Waals surface area (Å²) >= 11 is 5.18. The Bertz CT molecular complexity index is 484. The smallest absolute Gasteiger partial charge is 0.177 e. The van der Waals surface area contributed by atoms with E-state index in [9.17, 15) is 0 Å². The molecule has 15 heavy (non-hydrogen) atoms. The Morgan fingerprint density at radius 1 is 1.53 bits per heavy atom. The van der Waals surface area contributed by atoms with Crippen LogP contribution in [0.4, 0.5) is 0 Å². The molecule has 0 aliphatic carbocycles. The minimum absolute atomic E-state index is 0.788. The maximum absolute atomic E-state index is 5.18. The number of imidazole rings is 1. The Morgan fingerprint density at radius 2 is 2.40 bits per heavy atom. The fraction of sp³-hybridized carbons (Fsp3) is 0.273. The highest BCUT2D eigenvalue weighted by atomic mass is 32.1. The van der Waals surface area contributed by atoms with Crippen molar-refractivity contribution in [2.45, 2.75) is 19.9 Å². The van der Waals surface area contributed by atoms with Gasteiger partial charge in [-0.05, 0) is 37.2 Å². The molecule has 0 fully saturated rings. The summed E-state index contributed by atoms with van der Waals surface area (Å²) in [5.74, 6) is 0. The van der Waals surface area contributed by atoms with Crippen LogP contribution in [-0.4, -0.2) is 14.5 Å². The van der Waals surface area contributed by atoms with E-state index in [4.69, 9.17) is 12.2 Å². The third-order valence-electron chi connectivity index (χ3n) is 2.42. The first-order chi connectivity index (χ1) is 7.27. The van der Waals surface area contributed by atoms with E-state index >= 15 is 0 Å². The van der Waals surface area contributed by atoms with Crippen LogP contribution in [-0.2, 0) is 13.0 Å². The molecular formula is C11H13N3S. The predicted octanol–water partition coefficient (Wildman–Crippen LogP) is 2.49. The normalized spacial score (nSPS) is 10.5. The molecule has 0 saturated heterocycles. The monoisotopic (exact) mass is 219 g/mol. The summed E-state index contributed by atoms with van der Waals surface area (Å²) in [6.07, 6.45) is 6.58. The lowest BCUT2D eigenvalue weighted by molar-refractivity contribution is 0.668. The van der Waals surface area contributed by atoms with Gasteiger partial charge in [-0.15, -0.1) is 0 Å². The summed E-state index contributed by atoms with van der Waals surface area (Å²) in [6.45, 7) is 2.95. The molecule has 0 atom stereocenters. The van der Waals surface area contributed by atoms with Crippen molar-refractivity contribution in [1.82, 2.24) is 14.5 Å². The number of hydrogen-bond donors (Lipinski definition) is 1. The van der Waals surface area contributed by atoms with Crippen LogP contribution in [0.2, 0.25) is 0 Å². The van der Waals surface area contributed by atoms with Crippen molar-refractivity contribution in [2.24, 2.45) is 0 Å². The predicted molar refractivity (Wildman–Crippen MR) is 62.3 cm³/mol.